The molecular formula is C8H12ClNOS. The maximum absolute atomic E-state index is 11.3. The molecule has 0 amide bonds. The van der Waals surface area contributed by atoms with Gasteiger partial charge in [-0.25, -0.2) is 0 Å². The fraction of sp³-hybridized carbons (Fsp3) is 0.250. The van der Waals surface area contributed by atoms with Crippen molar-refractivity contribution >= 4 is 23.6 Å². The van der Waals surface area contributed by atoms with Crippen molar-refractivity contribution in [3.05, 3.63) is 30.3 Å². The van der Waals surface area contributed by atoms with E-state index in [4.69, 9.17) is 5.73 Å². The molecule has 0 bridgehead atoms. The monoisotopic (exact) mass is 205 g/mol. The molecule has 0 aliphatic rings. The van der Waals surface area contributed by atoms with Crippen LogP contribution in [0.4, 0.5) is 0 Å². The third-order valence-corrected chi connectivity index (χ3v) is 2.71. The van der Waals surface area contributed by atoms with Crippen LogP contribution in [-0.4, -0.2) is 16.9 Å². The molecule has 12 heavy (non-hydrogen) atoms. The number of hydrogen-bond donors (Lipinski definition) is 1. The molecule has 1 atom stereocenters. The molecule has 0 aliphatic heterocycles. The highest BCUT2D eigenvalue weighted by molar-refractivity contribution is 7.91. The van der Waals surface area contributed by atoms with E-state index in [0.717, 1.165) is 4.90 Å². The van der Waals surface area contributed by atoms with Crippen molar-refractivity contribution in [3.63, 3.8) is 0 Å². The largest absolute Gasteiger partial charge is 0.611 e. The molecule has 2 nitrogen and oxygen atoms in total. The van der Waals surface area contributed by atoms with Crippen LogP contribution in [0, 0.1) is 0 Å². The normalized spacial score (nSPS) is 11.8. The minimum Gasteiger partial charge on any atom is -0.611 e. The van der Waals surface area contributed by atoms with E-state index >= 15 is 0 Å². The first-order valence-electron chi connectivity index (χ1n) is 3.48. The van der Waals surface area contributed by atoms with Gasteiger partial charge in [0.25, 0.3) is 0 Å². The highest BCUT2D eigenvalue weighted by Crippen LogP contribution is 2.08. The molecular weight excluding hydrogens is 194 g/mol. The number of hydrogen-bond acceptors (Lipinski definition) is 2. The maximum Gasteiger partial charge on any atom is 0.152 e. The second kappa shape index (κ2) is 6.31. The summed E-state index contributed by atoms with van der Waals surface area (Å²) in [4.78, 5) is 0.859. The fourth-order valence-corrected chi connectivity index (χ4v) is 1.71. The predicted molar refractivity (Wildman–Crippen MR) is 54.0 cm³/mol. The highest BCUT2D eigenvalue weighted by atomic mass is 35.5. The summed E-state index contributed by atoms with van der Waals surface area (Å²) in [7, 11) is 0. The summed E-state index contributed by atoms with van der Waals surface area (Å²) in [6.45, 7) is 0.474. The number of nitrogens with two attached hydrogens (primary N) is 1. The van der Waals surface area contributed by atoms with Gasteiger partial charge in [0.1, 0.15) is 5.75 Å². The molecule has 68 valence electrons. The molecule has 0 aliphatic carbocycles. The van der Waals surface area contributed by atoms with Gasteiger partial charge in [0.05, 0.1) is 0 Å². The summed E-state index contributed by atoms with van der Waals surface area (Å²) in [5.74, 6) is 0.546. The second-order valence-electron chi connectivity index (χ2n) is 2.15. The lowest BCUT2D eigenvalue weighted by Crippen LogP contribution is -2.15. The quantitative estimate of drug-likeness (QED) is 0.754. The van der Waals surface area contributed by atoms with E-state index in [-0.39, 0.29) is 12.4 Å². The predicted octanol–water partition coefficient (Wildman–Crippen LogP) is 1.17. The molecule has 0 fully saturated rings. The van der Waals surface area contributed by atoms with Crippen LogP contribution in [0.3, 0.4) is 0 Å². The van der Waals surface area contributed by atoms with E-state index in [0.29, 0.717) is 12.3 Å². The van der Waals surface area contributed by atoms with Crippen LogP contribution >= 0.6 is 12.4 Å². The van der Waals surface area contributed by atoms with Crippen LogP contribution in [0.1, 0.15) is 0 Å². The lowest BCUT2D eigenvalue weighted by molar-refractivity contribution is 0.595. The van der Waals surface area contributed by atoms with Gasteiger partial charge in [-0.15, -0.1) is 12.4 Å². The first-order valence-corrected chi connectivity index (χ1v) is 4.80. The van der Waals surface area contributed by atoms with Crippen LogP contribution in [0.2, 0.25) is 0 Å². The first-order chi connectivity index (χ1) is 5.34. The summed E-state index contributed by atoms with van der Waals surface area (Å²) in [6.07, 6.45) is 0. The van der Waals surface area contributed by atoms with E-state index in [9.17, 15) is 4.55 Å². The number of halogens is 1. The van der Waals surface area contributed by atoms with Crippen molar-refractivity contribution in [2.24, 2.45) is 5.73 Å². The topological polar surface area (TPSA) is 49.1 Å². The van der Waals surface area contributed by atoms with E-state index in [1.165, 1.54) is 0 Å². The smallest absolute Gasteiger partial charge is 0.152 e. The fourth-order valence-electron chi connectivity index (χ4n) is 0.797. The van der Waals surface area contributed by atoms with Gasteiger partial charge in [-0.1, -0.05) is 18.2 Å². The minimum atomic E-state index is -0.908. The Labute approximate surface area is 81.7 Å². The summed E-state index contributed by atoms with van der Waals surface area (Å²) in [6, 6.07) is 9.37. The Morgan fingerprint density at radius 1 is 1.25 bits per heavy atom. The lowest BCUT2D eigenvalue weighted by atomic mass is 10.4. The third-order valence-electron chi connectivity index (χ3n) is 1.31. The van der Waals surface area contributed by atoms with Crippen molar-refractivity contribution in [2.45, 2.75) is 4.90 Å². The molecule has 0 saturated heterocycles. The van der Waals surface area contributed by atoms with Gasteiger partial charge < -0.3 is 10.3 Å². The van der Waals surface area contributed by atoms with Gasteiger partial charge in [0.2, 0.25) is 0 Å². The SMILES string of the molecule is Cl.NCC[S+]([O-])c1ccccc1. The standard InChI is InChI=1S/C8H11NOS.ClH/c9-6-7-11(10)8-4-2-1-3-5-8;/h1-5H,6-7,9H2;1H. The Morgan fingerprint density at radius 2 is 1.83 bits per heavy atom. The summed E-state index contributed by atoms with van der Waals surface area (Å²) in [5.41, 5.74) is 5.27. The maximum atomic E-state index is 11.3. The third kappa shape index (κ3) is 3.45. The van der Waals surface area contributed by atoms with Crippen LogP contribution in [0.15, 0.2) is 35.2 Å². The summed E-state index contributed by atoms with van der Waals surface area (Å²) < 4.78 is 11.3. The van der Waals surface area contributed by atoms with Crippen LogP contribution < -0.4 is 5.73 Å². The average molecular weight is 206 g/mol. The van der Waals surface area contributed by atoms with Crippen molar-refractivity contribution in [2.75, 3.05) is 12.3 Å². The first kappa shape index (κ1) is 11.8. The number of rotatable bonds is 3. The molecule has 0 aromatic heterocycles. The van der Waals surface area contributed by atoms with E-state index in [1.54, 1.807) is 0 Å². The van der Waals surface area contributed by atoms with Gasteiger partial charge in [-0.3, -0.25) is 0 Å². The van der Waals surface area contributed by atoms with E-state index in [1.807, 2.05) is 30.3 Å². The molecule has 0 heterocycles. The molecule has 4 heteroatoms. The van der Waals surface area contributed by atoms with Crippen LogP contribution in [-0.2, 0) is 11.2 Å². The van der Waals surface area contributed by atoms with Crippen molar-refractivity contribution in [3.8, 4) is 0 Å². The van der Waals surface area contributed by atoms with Crippen molar-refractivity contribution in [1.29, 1.82) is 0 Å². The molecule has 1 unspecified atom stereocenters. The Kier molecular flexibility index (Phi) is 6.20. The lowest BCUT2D eigenvalue weighted by Gasteiger charge is -2.07. The second-order valence-corrected chi connectivity index (χ2v) is 3.72. The van der Waals surface area contributed by atoms with Crippen molar-refractivity contribution < 1.29 is 4.55 Å². The molecule has 0 saturated carbocycles. The zero-order chi connectivity index (χ0) is 8.10. The summed E-state index contributed by atoms with van der Waals surface area (Å²) in [5, 5.41) is 0. The van der Waals surface area contributed by atoms with E-state index < -0.39 is 11.2 Å². The Bertz CT molecular complexity index is 207. The Morgan fingerprint density at radius 3 is 2.33 bits per heavy atom. The minimum absolute atomic E-state index is 0. The zero-order valence-electron chi connectivity index (χ0n) is 6.60. The number of benzene rings is 1. The van der Waals surface area contributed by atoms with Crippen molar-refractivity contribution in [1.82, 2.24) is 0 Å². The zero-order valence-corrected chi connectivity index (χ0v) is 8.24. The Hall–Kier alpha value is -0.220. The molecule has 1 aromatic rings. The van der Waals surface area contributed by atoms with Gasteiger partial charge in [0.15, 0.2) is 4.90 Å². The van der Waals surface area contributed by atoms with E-state index in [2.05, 4.69) is 0 Å². The molecule has 0 spiro atoms. The average Bonchev–Trinajstić information content (AvgIpc) is 2.07. The van der Waals surface area contributed by atoms with Gasteiger partial charge in [-0.2, -0.15) is 0 Å². The molecule has 2 N–H and O–H groups in total. The summed E-state index contributed by atoms with van der Waals surface area (Å²) >= 11 is -0.908. The van der Waals surface area contributed by atoms with Crippen LogP contribution in [0.5, 0.6) is 0 Å². The van der Waals surface area contributed by atoms with Gasteiger partial charge in [0, 0.05) is 6.54 Å². The van der Waals surface area contributed by atoms with Crippen LogP contribution in [0.25, 0.3) is 0 Å². The highest BCUT2D eigenvalue weighted by Gasteiger charge is 2.06. The molecule has 0 radical (unpaired) electrons. The van der Waals surface area contributed by atoms with Gasteiger partial charge in [-0.05, 0) is 23.3 Å². The van der Waals surface area contributed by atoms with Gasteiger partial charge >= 0.3 is 0 Å². The molecule has 1 aromatic carbocycles. The Balaban J connectivity index is 0.00000121. The molecule has 1 rings (SSSR count).